The van der Waals surface area contributed by atoms with Gasteiger partial charge >= 0.3 is 0 Å². The van der Waals surface area contributed by atoms with E-state index in [2.05, 4.69) is 11.5 Å². The van der Waals surface area contributed by atoms with E-state index in [1.165, 1.54) is 0 Å². The van der Waals surface area contributed by atoms with Gasteiger partial charge in [0.15, 0.2) is 5.43 Å². The number of carbonyl (C=O) groups excluding carboxylic acids is 1. The zero-order valence-corrected chi connectivity index (χ0v) is 20.9. The molecule has 3 aromatic rings. The molecule has 0 aliphatic carbocycles. The van der Waals surface area contributed by atoms with Crippen LogP contribution in [0.1, 0.15) is 45.3 Å². The highest BCUT2D eigenvalue weighted by atomic mass is 16.5. The molecule has 0 radical (unpaired) electrons. The Bertz CT molecular complexity index is 1360. The van der Waals surface area contributed by atoms with Crippen LogP contribution in [0, 0.1) is 13.8 Å². The Balaban J connectivity index is 1.55. The summed E-state index contributed by atoms with van der Waals surface area (Å²) < 4.78 is 17.3. The van der Waals surface area contributed by atoms with E-state index in [1.807, 2.05) is 50.2 Å². The Morgan fingerprint density at radius 3 is 2.64 bits per heavy atom. The lowest BCUT2D eigenvalue weighted by atomic mass is 9.97. The van der Waals surface area contributed by atoms with Gasteiger partial charge in [0.1, 0.15) is 17.9 Å². The highest BCUT2D eigenvalue weighted by Gasteiger charge is 2.42. The van der Waals surface area contributed by atoms with Gasteiger partial charge in [0, 0.05) is 26.2 Å². The topological polar surface area (TPSA) is 72.2 Å². The second kappa shape index (κ2) is 10.3. The van der Waals surface area contributed by atoms with Crippen molar-refractivity contribution in [2.75, 3.05) is 46.0 Å². The number of morpholine rings is 1. The third-order valence-electron chi connectivity index (χ3n) is 7.10. The molecule has 0 N–H and O–H groups in total. The van der Waals surface area contributed by atoms with Crippen molar-refractivity contribution in [1.29, 1.82) is 0 Å². The molecule has 2 aliphatic rings. The summed E-state index contributed by atoms with van der Waals surface area (Å²) >= 11 is 0. The summed E-state index contributed by atoms with van der Waals surface area (Å²) in [6, 6.07) is 10.8. The zero-order valence-electron chi connectivity index (χ0n) is 20.9. The van der Waals surface area contributed by atoms with Crippen molar-refractivity contribution < 1.29 is 18.7 Å². The molecule has 1 amide bonds. The fourth-order valence-electron chi connectivity index (χ4n) is 5.07. The Hall–Kier alpha value is -3.42. The second-order valence-corrected chi connectivity index (χ2v) is 9.49. The summed E-state index contributed by atoms with van der Waals surface area (Å²) in [7, 11) is 0. The maximum Gasteiger partial charge on any atom is 0.290 e. The van der Waals surface area contributed by atoms with Crippen molar-refractivity contribution in [2.24, 2.45) is 0 Å². The van der Waals surface area contributed by atoms with Crippen molar-refractivity contribution in [3.05, 3.63) is 87.3 Å². The minimum absolute atomic E-state index is 0.143. The van der Waals surface area contributed by atoms with Gasteiger partial charge in [0.05, 0.1) is 30.2 Å². The Morgan fingerprint density at radius 1 is 1.08 bits per heavy atom. The monoisotopic (exact) mass is 488 g/mol. The predicted octanol–water partition coefficient (Wildman–Crippen LogP) is 4.24. The summed E-state index contributed by atoms with van der Waals surface area (Å²) in [5, 5.41) is 0.504. The molecule has 1 saturated heterocycles. The number of hydrogen-bond donors (Lipinski definition) is 0. The number of fused-ring (bicyclic) bond motifs is 2. The fraction of sp³-hybridized carbons (Fsp3) is 0.379. The van der Waals surface area contributed by atoms with Crippen LogP contribution >= 0.6 is 0 Å². The molecule has 0 bridgehead atoms. The van der Waals surface area contributed by atoms with Crippen LogP contribution in [0.5, 0.6) is 5.75 Å². The van der Waals surface area contributed by atoms with Crippen LogP contribution in [-0.2, 0) is 4.74 Å². The molecular weight excluding hydrogens is 456 g/mol. The van der Waals surface area contributed by atoms with Crippen molar-refractivity contribution in [3.8, 4) is 5.75 Å². The molecule has 188 valence electrons. The SMILES string of the molecule is C=CCOc1cccc([C@H]2c3c(oc4cc(C)c(C)cc4c3=O)C(=O)N2CCCN2CCOCC2)c1. The highest BCUT2D eigenvalue weighted by Crippen LogP contribution is 2.39. The fourth-order valence-corrected chi connectivity index (χ4v) is 5.07. The molecule has 5 rings (SSSR count). The molecule has 36 heavy (non-hydrogen) atoms. The number of amides is 1. The van der Waals surface area contributed by atoms with Crippen molar-refractivity contribution in [2.45, 2.75) is 26.3 Å². The molecular formula is C29H32N2O5. The minimum atomic E-state index is -0.535. The molecule has 7 nitrogen and oxygen atoms in total. The first-order valence-electron chi connectivity index (χ1n) is 12.5. The van der Waals surface area contributed by atoms with E-state index < -0.39 is 6.04 Å². The van der Waals surface area contributed by atoms with Crippen LogP contribution in [0.2, 0.25) is 0 Å². The van der Waals surface area contributed by atoms with E-state index in [1.54, 1.807) is 11.0 Å². The lowest BCUT2D eigenvalue weighted by Gasteiger charge is -2.29. The molecule has 7 heteroatoms. The summed E-state index contributed by atoms with van der Waals surface area (Å²) in [5.74, 6) is 0.564. The van der Waals surface area contributed by atoms with E-state index in [9.17, 15) is 9.59 Å². The van der Waals surface area contributed by atoms with Crippen LogP contribution in [0.15, 0.2) is 58.3 Å². The lowest BCUT2D eigenvalue weighted by Crippen LogP contribution is -2.38. The first-order valence-corrected chi connectivity index (χ1v) is 12.5. The molecule has 3 heterocycles. The number of nitrogens with zero attached hydrogens (tertiary/aromatic N) is 2. The number of ether oxygens (including phenoxy) is 2. The molecule has 1 aromatic heterocycles. The molecule has 1 fully saturated rings. The van der Waals surface area contributed by atoms with Crippen LogP contribution < -0.4 is 10.2 Å². The average molecular weight is 489 g/mol. The summed E-state index contributed by atoms with van der Waals surface area (Å²) in [6.07, 6.45) is 2.47. The minimum Gasteiger partial charge on any atom is -0.490 e. The maximum atomic E-state index is 13.8. The zero-order chi connectivity index (χ0) is 25.2. The molecule has 0 unspecified atom stereocenters. The van der Waals surface area contributed by atoms with Gasteiger partial charge in [-0.1, -0.05) is 24.8 Å². The van der Waals surface area contributed by atoms with Crippen LogP contribution in [-0.4, -0.2) is 61.7 Å². The average Bonchev–Trinajstić information content (AvgIpc) is 3.16. The summed E-state index contributed by atoms with van der Waals surface area (Å²) in [5.41, 5.74) is 3.56. The maximum absolute atomic E-state index is 13.8. The van der Waals surface area contributed by atoms with Crippen molar-refractivity contribution >= 4 is 16.9 Å². The van der Waals surface area contributed by atoms with Crippen LogP contribution in [0.4, 0.5) is 0 Å². The third kappa shape index (κ3) is 4.56. The van der Waals surface area contributed by atoms with Gasteiger partial charge in [0.25, 0.3) is 5.91 Å². The van der Waals surface area contributed by atoms with Crippen LogP contribution in [0.25, 0.3) is 11.0 Å². The van der Waals surface area contributed by atoms with E-state index >= 15 is 0 Å². The third-order valence-corrected chi connectivity index (χ3v) is 7.10. The summed E-state index contributed by atoms with van der Waals surface area (Å²) in [4.78, 5) is 31.6. The Labute approximate surface area is 210 Å². The number of carbonyl (C=O) groups is 1. The molecule has 0 spiro atoms. The molecule has 1 atom stereocenters. The Morgan fingerprint density at radius 2 is 1.86 bits per heavy atom. The first kappa shape index (κ1) is 24.3. The van der Waals surface area contributed by atoms with Gasteiger partial charge in [-0.15, -0.1) is 0 Å². The largest absolute Gasteiger partial charge is 0.490 e. The Kier molecular flexibility index (Phi) is 6.94. The molecule has 2 aliphatic heterocycles. The van der Waals surface area contributed by atoms with Gasteiger partial charge < -0.3 is 18.8 Å². The smallest absolute Gasteiger partial charge is 0.290 e. The van der Waals surface area contributed by atoms with Crippen molar-refractivity contribution in [3.63, 3.8) is 0 Å². The van der Waals surface area contributed by atoms with E-state index in [-0.39, 0.29) is 17.1 Å². The number of aryl methyl sites for hydroxylation is 2. The predicted molar refractivity (Wildman–Crippen MR) is 139 cm³/mol. The normalized spacial score (nSPS) is 18.0. The van der Waals surface area contributed by atoms with Crippen molar-refractivity contribution in [1.82, 2.24) is 9.80 Å². The standard InChI is InChI=1S/C29H32N2O5/c1-4-13-35-22-8-5-7-21(18-22)26-25-27(32)23-16-19(2)20(3)17-24(23)36-28(25)29(33)31(26)10-6-9-30-11-14-34-15-12-30/h4-5,7-8,16-18,26H,1,6,9-15H2,2-3H3/t26-/m0/s1. The quantitative estimate of drug-likeness (QED) is 0.442. The van der Waals surface area contributed by atoms with E-state index in [0.717, 1.165) is 56.0 Å². The van der Waals surface area contributed by atoms with Gasteiger partial charge in [0.2, 0.25) is 5.76 Å². The van der Waals surface area contributed by atoms with Gasteiger partial charge in [-0.3, -0.25) is 14.5 Å². The lowest BCUT2D eigenvalue weighted by molar-refractivity contribution is 0.0353. The second-order valence-electron chi connectivity index (χ2n) is 9.49. The molecule has 2 aromatic carbocycles. The number of rotatable bonds is 8. The van der Waals surface area contributed by atoms with E-state index in [4.69, 9.17) is 13.9 Å². The van der Waals surface area contributed by atoms with Crippen LogP contribution in [0.3, 0.4) is 0 Å². The highest BCUT2D eigenvalue weighted by molar-refractivity contribution is 5.99. The molecule has 0 saturated carbocycles. The number of benzene rings is 2. The van der Waals surface area contributed by atoms with Gasteiger partial charge in [-0.05, 0) is 61.2 Å². The first-order chi connectivity index (χ1) is 17.5. The summed E-state index contributed by atoms with van der Waals surface area (Å²) in [6.45, 7) is 12.7. The van der Waals surface area contributed by atoms with Gasteiger partial charge in [-0.25, -0.2) is 0 Å². The van der Waals surface area contributed by atoms with Gasteiger partial charge in [-0.2, -0.15) is 0 Å². The number of hydrogen-bond acceptors (Lipinski definition) is 6. The van der Waals surface area contributed by atoms with E-state index in [0.29, 0.717) is 35.4 Å².